The molecule has 0 fully saturated rings. The molecule has 0 heterocycles. The molecular weight excluding hydrogens is 292 g/mol. The molecule has 1 nitrogen and oxygen atoms in total. The lowest BCUT2D eigenvalue weighted by atomic mass is 9.93. The zero-order valence-electron chi connectivity index (χ0n) is 15.8. The van der Waals surface area contributed by atoms with Gasteiger partial charge < -0.3 is 5.11 Å². The molecule has 1 rings (SSSR count). The summed E-state index contributed by atoms with van der Waals surface area (Å²) < 4.78 is 0. The maximum atomic E-state index is 10.4. The van der Waals surface area contributed by atoms with Crippen LogP contribution in [0.3, 0.4) is 0 Å². The standard InChI is InChI=1S/C23H34O/c1-4-7-8-10-15-20(13-5-2)21(14-6-3)18-19-23(24)22-16-11-9-12-17-22/h9,11-12,16-17,23-24H,4-8,13-14,18-19H2,1-3H3/b21-20-. The largest absolute Gasteiger partial charge is 0.388 e. The average molecular weight is 327 g/mol. The van der Waals surface area contributed by atoms with Gasteiger partial charge in [-0.15, -0.1) is 0 Å². The van der Waals surface area contributed by atoms with Gasteiger partial charge in [0.25, 0.3) is 0 Å². The van der Waals surface area contributed by atoms with Crippen molar-refractivity contribution in [3.8, 4) is 11.8 Å². The van der Waals surface area contributed by atoms with E-state index in [4.69, 9.17) is 0 Å². The van der Waals surface area contributed by atoms with E-state index < -0.39 is 0 Å². The van der Waals surface area contributed by atoms with Crippen LogP contribution in [0.4, 0.5) is 0 Å². The molecule has 0 aliphatic rings. The summed E-state index contributed by atoms with van der Waals surface area (Å²) >= 11 is 0. The molecule has 0 aromatic heterocycles. The zero-order chi connectivity index (χ0) is 17.6. The molecule has 0 saturated heterocycles. The van der Waals surface area contributed by atoms with Crippen LogP contribution in [0.1, 0.15) is 90.2 Å². The Labute approximate surface area is 149 Å². The Morgan fingerprint density at radius 1 is 0.958 bits per heavy atom. The Balaban J connectivity index is 2.80. The van der Waals surface area contributed by atoms with Gasteiger partial charge in [-0.25, -0.2) is 0 Å². The summed E-state index contributed by atoms with van der Waals surface area (Å²) in [6.45, 7) is 6.65. The minimum Gasteiger partial charge on any atom is -0.388 e. The molecule has 0 aliphatic heterocycles. The van der Waals surface area contributed by atoms with Gasteiger partial charge in [0.2, 0.25) is 0 Å². The molecule has 1 atom stereocenters. The SMILES string of the molecule is CCCCC#C/C(CCC)=C(/CCC)CCC(O)c1ccccc1. The van der Waals surface area contributed by atoms with E-state index in [9.17, 15) is 5.11 Å². The highest BCUT2D eigenvalue weighted by Gasteiger charge is 2.10. The molecule has 0 bridgehead atoms. The lowest BCUT2D eigenvalue weighted by Crippen LogP contribution is -2.00. The Kier molecular flexibility index (Phi) is 11.0. The van der Waals surface area contributed by atoms with Gasteiger partial charge in [0, 0.05) is 12.0 Å². The molecule has 0 saturated carbocycles. The molecule has 0 amide bonds. The Bertz CT molecular complexity index is 530. The molecule has 0 aliphatic carbocycles. The number of rotatable bonds is 10. The normalized spacial score (nSPS) is 13.0. The van der Waals surface area contributed by atoms with Crippen LogP contribution in [0.25, 0.3) is 0 Å². The van der Waals surface area contributed by atoms with E-state index in [0.717, 1.165) is 50.5 Å². The second kappa shape index (κ2) is 12.8. The summed E-state index contributed by atoms with van der Waals surface area (Å²) in [6.07, 6.45) is 9.16. The summed E-state index contributed by atoms with van der Waals surface area (Å²) in [5.41, 5.74) is 3.80. The molecule has 0 radical (unpaired) electrons. The number of unbranched alkanes of at least 4 members (excludes halogenated alkanes) is 2. The van der Waals surface area contributed by atoms with Gasteiger partial charge in [-0.2, -0.15) is 0 Å². The van der Waals surface area contributed by atoms with E-state index in [1.54, 1.807) is 0 Å². The van der Waals surface area contributed by atoms with Gasteiger partial charge in [0.05, 0.1) is 6.10 Å². The van der Waals surface area contributed by atoms with E-state index >= 15 is 0 Å². The number of allylic oxidation sites excluding steroid dienone is 2. The molecule has 1 N–H and O–H groups in total. The predicted molar refractivity (Wildman–Crippen MR) is 105 cm³/mol. The number of aliphatic hydroxyl groups excluding tert-OH is 1. The fraction of sp³-hybridized carbons (Fsp3) is 0.565. The number of benzene rings is 1. The topological polar surface area (TPSA) is 20.2 Å². The Morgan fingerprint density at radius 2 is 1.67 bits per heavy atom. The molecule has 1 aromatic carbocycles. The minimum absolute atomic E-state index is 0.381. The van der Waals surface area contributed by atoms with Crippen LogP contribution in [0, 0.1) is 11.8 Å². The van der Waals surface area contributed by atoms with Gasteiger partial charge >= 0.3 is 0 Å². The monoisotopic (exact) mass is 326 g/mol. The number of hydrogen-bond acceptors (Lipinski definition) is 1. The first kappa shape index (κ1) is 20.5. The fourth-order valence-electron chi connectivity index (χ4n) is 2.89. The first-order chi connectivity index (χ1) is 11.7. The van der Waals surface area contributed by atoms with Crippen molar-refractivity contribution in [2.75, 3.05) is 0 Å². The van der Waals surface area contributed by atoms with Crippen molar-refractivity contribution in [1.29, 1.82) is 0 Å². The predicted octanol–water partition coefficient (Wildman–Crippen LogP) is 6.59. The first-order valence-corrected chi connectivity index (χ1v) is 9.65. The summed E-state index contributed by atoms with van der Waals surface area (Å²) in [4.78, 5) is 0. The summed E-state index contributed by atoms with van der Waals surface area (Å²) in [5, 5.41) is 10.4. The molecular formula is C23H34O. The minimum atomic E-state index is -0.381. The summed E-state index contributed by atoms with van der Waals surface area (Å²) in [7, 11) is 0. The smallest absolute Gasteiger partial charge is 0.0793 e. The Hall–Kier alpha value is -1.52. The van der Waals surface area contributed by atoms with Gasteiger partial charge in [-0.1, -0.05) is 87.8 Å². The van der Waals surface area contributed by atoms with E-state index in [-0.39, 0.29) is 6.10 Å². The lowest BCUT2D eigenvalue weighted by Gasteiger charge is -2.15. The molecule has 132 valence electrons. The van der Waals surface area contributed by atoms with Crippen molar-refractivity contribution < 1.29 is 5.11 Å². The van der Waals surface area contributed by atoms with E-state index in [1.165, 1.54) is 24.0 Å². The van der Waals surface area contributed by atoms with Crippen LogP contribution in [-0.4, -0.2) is 5.11 Å². The summed E-state index contributed by atoms with van der Waals surface area (Å²) in [6, 6.07) is 9.98. The van der Waals surface area contributed by atoms with E-state index in [0.29, 0.717) is 0 Å². The van der Waals surface area contributed by atoms with E-state index in [2.05, 4.69) is 32.6 Å². The number of hydrogen-bond donors (Lipinski definition) is 1. The molecule has 24 heavy (non-hydrogen) atoms. The quantitative estimate of drug-likeness (QED) is 0.380. The third-order valence-electron chi connectivity index (χ3n) is 4.28. The van der Waals surface area contributed by atoms with Gasteiger partial charge in [-0.05, 0) is 37.7 Å². The van der Waals surface area contributed by atoms with Gasteiger partial charge in [0.15, 0.2) is 0 Å². The lowest BCUT2D eigenvalue weighted by molar-refractivity contribution is 0.167. The molecule has 1 heteroatoms. The van der Waals surface area contributed by atoms with Gasteiger partial charge in [-0.3, -0.25) is 0 Å². The first-order valence-electron chi connectivity index (χ1n) is 9.65. The summed E-state index contributed by atoms with van der Waals surface area (Å²) in [5.74, 6) is 6.81. The van der Waals surface area contributed by atoms with Crippen LogP contribution < -0.4 is 0 Å². The van der Waals surface area contributed by atoms with Crippen LogP contribution >= 0.6 is 0 Å². The second-order valence-electron chi connectivity index (χ2n) is 6.45. The third kappa shape index (κ3) is 7.84. The third-order valence-corrected chi connectivity index (χ3v) is 4.28. The maximum Gasteiger partial charge on any atom is 0.0793 e. The van der Waals surface area contributed by atoms with Crippen molar-refractivity contribution >= 4 is 0 Å². The average Bonchev–Trinajstić information content (AvgIpc) is 2.62. The van der Waals surface area contributed by atoms with E-state index in [1.807, 2.05) is 30.3 Å². The van der Waals surface area contributed by atoms with Crippen LogP contribution in [0.2, 0.25) is 0 Å². The highest BCUT2D eigenvalue weighted by molar-refractivity contribution is 5.34. The molecule has 1 unspecified atom stereocenters. The van der Waals surface area contributed by atoms with Crippen molar-refractivity contribution in [1.82, 2.24) is 0 Å². The van der Waals surface area contributed by atoms with Crippen molar-refractivity contribution in [2.24, 2.45) is 0 Å². The zero-order valence-corrected chi connectivity index (χ0v) is 15.8. The van der Waals surface area contributed by atoms with Crippen molar-refractivity contribution in [3.05, 3.63) is 47.0 Å². The number of aliphatic hydroxyl groups is 1. The van der Waals surface area contributed by atoms with Crippen LogP contribution in [0.5, 0.6) is 0 Å². The fourth-order valence-corrected chi connectivity index (χ4v) is 2.89. The maximum absolute atomic E-state index is 10.4. The second-order valence-corrected chi connectivity index (χ2v) is 6.45. The van der Waals surface area contributed by atoms with Crippen LogP contribution in [0.15, 0.2) is 41.5 Å². The Morgan fingerprint density at radius 3 is 2.29 bits per heavy atom. The highest BCUT2D eigenvalue weighted by atomic mass is 16.3. The van der Waals surface area contributed by atoms with Crippen LogP contribution in [-0.2, 0) is 0 Å². The van der Waals surface area contributed by atoms with Crippen molar-refractivity contribution in [2.45, 2.75) is 84.7 Å². The van der Waals surface area contributed by atoms with Gasteiger partial charge in [0.1, 0.15) is 0 Å². The highest BCUT2D eigenvalue weighted by Crippen LogP contribution is 2.26. The molecule has 1 aromatic rings. The van der Waals surface area contributed by atoms with Crippen molar-refractivity contribution in [3.63, 3.8) is 0 Å². The molecule has 0 spiro atoms.